The summed E-state index contributed by atoms with van der Waals surface area (Å²) < 4.78 is 13.6. The van der Waals surface area contributed by atoms with Crippen LogP contribution in [0.1, 0.15) is 0 Å². The van der Waals surface area contributed by atoms with Crippen LogP contribution in [0.3, 0.4) is 0 Å². The summed E-state index contributed by atoms with van der Waals surface area (Å²) in [6, 6.07) is 6.70. The van der Waals surface area contributed by atoms with Crippen LogP contribution in [0.5, 0.6) is 0 Å². The number of anilines is 1. The number of nitroso groups, excluding NO2 is 1. The van der Waals surface area contributed by atoms with Crippen molar-refractivity contribution < 1.29 is 4.39 Å². The average Bonchev–Trinajstić information content (AvgIpc) is 2.36. The molecule has 0 amide bonds. The van der Waals surface area contributed by atoms with Crippen LogP contribution >= 0.6 is 15.9 Å². The first-order valence-corrected chi connectivity index (χ1v) is 5.46. The van der Waals surface area contributed by atoms with Crippen LogP contribution in [0.15, 0.2) is 40.1 Å². The Hall–Kier alpha value is -1.82. The van der Waals surface area contributed by atoms with Crippen LogP contribution in [0.4, 0.5) is 15.8 Å². The molecule has 1 aromatic carbocycles. The molecule has 17 heavy (non-hydrogen) atoms. The van der Waals surface area contributed by atoms with Crippen molar-refractivity contribution in [3.8, 4) is 11.3 Å². The van der Waals surface area contributed by atoms with Crippen molar-refractivity contribution >= 4 is 27.3 Å². The van der Waals surface area contributed by atoms with Crippen molar-refractivity contribution in [1.82, 2.24) is 4.98 Å². The number of halogens is 2. The molecule has 4 nitrogen and oxygen atoms in total. The second-order valence-electron chi connectivity index (χ2n) is 3.29. The lowest BCUT2D eigenvalue weighted by Crippen LogP contribution is -1.95. The molecule has 0 aliphatic heterocycles. The number of nitrogens with zero attached hydrogens (tertiary/aromatic N) is 2. The Labute approximate surface area is 105 Å². The van der Waals surface area contributed by atoms with E-state index in [4.69, 9.17) is 5.73 Å². The van der Waals surface area contributed by atoms with Crippen LogP contribution in [-0.2, 0) is 0 Å². The third-order valence-electron chi connectivity index (χ3n) is 2.27. The topological polar surface area (TPSA) is 68.3 Å². The Morgan fingerprint density at radius 1 is 1.41 bits per heavy atom. The highest BCUT2D eigenvalue weighted by Crippen LogP contribution is 2.38. The summed E-state index contributed by atoms with van der Waals surface area (Å²) >= 11 is 3.01. The summed E-state index contributed by atoms with van der Waals surface area (Å²) in [6.07, 6.45) is 1.58. The molecule has 2 rings (SSSR count). The fourth-order valence-corrected chi connectivity index (χ4v) is 1.87. The number of nitrogen functional groups attached to an aromatic ring is 1. The van der Waals surface area contributed by atoms with Crippen LogP contribution < -0.4 is 5.73 Å². The largest absolute Gasteiger partial charge is 0.396 e. The van der Waals surface area contributed by atoms with Gasteiger partial charge >= 0.3 is 0 Å². The average molecular weight is 296 g/mol. The van der Waals surface area contributed by atoms with Gasteiger partial charge in [0, 0.05) is 11.8 Å². The maximum atomic E-state index is 13.5. The Balaban J connectivity index is 2.72. The zero-order chi connectivity index (χ0) is 12.4. The molecule has 0 saturated heterocycles. The molecule has 0 saturated carbocycles. The van der Waals surface area contributed by atoms with Crippen molar-refractivity contribution in [2.75, 3.05) is 5.73 Å². The Morgan fingerprint density at radius 3 is 2.76 bits per heavy atom. The summed E-state index contributed by atoms with van der Waals surface area (Å²) in [5.74, 6) is -0.766. The van der Waals surface area contributed by atoms with E-state index < -0.39 is 11.5 Å². The van der Waals surface area contributed by atoms with E-state index >= 15 is 0 Å². The van der Waals surface area contributed by atoms with Crippen LogP contribution in [0.2, 0.25) is 0 Å². The molecule has 0 radical (unpaired) electrons. The molecule has 2 N–H and O–H groups in total. The SMILES string of the molecule is Nc1c(-c2ccccn2)cc(Br)c(F)c1N=O. The van der Waals surface area contributed by atoms with Gasteiger partial charge in [0.2, 0.25) is 0 Å². The first-order valence-electron chi connectivity index (χ1n) is 4.67. The molecule has 6 heteroatoms. The number of benzene rings is 1. The van der Waals surface area contributed by atoms with Gasteiger partial charge in [0.15, 0.2) is 11.5 Å². The van der Waals surface area contributed by atoms with Gasteiger partial charge in [-0.3, -0.25) is 4.98 Å². The predicted molar refractivity (Wildman–Crippen MR) is 67.2 cm³/mol. The highest BCUT2D eigenvalue weighted by molar-refractivity contribution is 9.10. The van der Waals surface area contributed by atoms with E-state index in [-0.39, 0.29) is 10.2 Å². The molecule has 2 aromatic rings. The van der Waals surface area contributed by atoms with Gasteiger partial charge in [-0.2, -0.15) is 0 Å². The number of aromatic nitrogens is 1. The second-order valence-corrected chi connectivity index (χ2v) is 4.14. The monoisotopic (exact) mass is 295 g/mol. The minimum Gasteiger partial charge on any atom is -0.396 e. The zero-order valence-corrected chi connectivity index (χ0v) is 10.1. The highest BCUT2D eigenvalue weighted by atomic mass is 79.9. The van der Waals surface area contributed by atoms with E-state index in [1.54, 1.807) is 24.4 Å². The smallest absolute Gasteiger partial charge is 0.168 e. The molecule has 1 aromatic heterocycles. The number of hydrogen-bond donors (Lipinski definition) is 1. The number of pyridine rings is 1. The first-order chi connectivity index (χ1) is 8.15. The lowest BCUT2D eigenvalue weighted by molar-refractivity contribution is 0.624. The second kappa shape index (κ2) is 4.58. The zero-order valence-electron chi connectivity index (χ0n) is 8.52. The summed E-state index contributed by atoms with van der Waals surface area (Å²) in [6.45, 7) is 0. The van der Waals surface area contributed by atoms with Gasteiger partial charge in [0.25, 0.3) is 0 Å². The lowest BCUT2D eigenvalue weighted by atomic mass is 10.1. The molecule has 0 aliphatic rings. The number of rotatable bonds is 2. The minimum atomic E-state index is -0.766. The molecule has 1 heterocycles. The fraction of sp³-hybridized carbons (Fsp3) is 0. The van der Waals surface area contributed by atoms with E-state index in [1.807, 2.05) is 0 Å². The van der Waals surface area contributed by atoms with Gasteiger partial charge in [0.1, 0.15) is 0 Å². The van der Waals surface area contributed by atoms with Gasteiger partial charge < -0.3 is 5.73 Å². The highest BCUT2D eigenvalue weighted by Gasteiger charge is 2.17. The molecular weight excluding hydrogens is 289 g/mol. The van der Waals surface area contributed by atoms with Gasteiger partial charge in [-0.05, 0) is 39.3 Å². The van der Waals surface area contributed by atoms with E-state index in [1.165, 1.54) is 6.07 Å². The third kappa shape index (κ3) is 2.03. The van der Waals surface area contributed by atoms with Crippen molar-refractivity contribution in [2.24, 2.45) is 5.18 Å². The number of hydrogen-bond acceptors (Lipinski definition) is 4. The summed E-state index contributed by atoms with van der Waals surface area (Å²) in [7, 11) is 0. The van der Waals surface area contributed by atoms with Crippen molar-refractivity contribution in [1.29, 1.82) is 0 Å². The summed E-state index contributed by atoms with van der Waals surface area (Å²) in [4.78, 5) is 14.7. The van der Waals surface area contributed by atoms with E-state index in [0.29, 0.717) is 11.3 Å². The fourth-order valence-electron chi connectivity index (χ4n) is 1.45. The Kier molecular flexibility index (Phi) is 3.14. The molecule has 86 valence electrons. The Morgan fingerprint density at radius 2 is 2.18 bits per heavy atom. The van der Waals surface area contributed by atoms with Gasteiger partial charge in [-0.25, -0.2) is 4.39 Å². The lowest BCUT2D eigenvalue weighted by Gasteiger charge is -2.08. The maximum Gasteiger partial charge on any atom is 0.168 e. The maximum absolute atomic E-state index is 13.5. The van der Waals surface area contributed by atoms with Crippen LogP contribution in [-0.4, -0.2) is 4.98 Å². The molecule has 0 atom stereocenters. The van der Waals surface area contributed by atoms with E-state index in [9.17, 15) is 9.30 Å². The standard InChI is InChI=1S/C11H7BrFN3O/c12-7-5-6(8-3-1-2-4-15-8)10(14)11(16-17)9(7)13/h1-5H,14H2. The minimum absolute atomic E-state index is 0.0144. The molecule has 0 aliphatic carbocycles. The van der Waals surface area contributed by atoms with Gasteiger partial charge in [-0.1, -0.05) is 6.07 Å². The van der Waals surface area contributed by atoms with Crippen molar-refractivity contribution in [3.05, 3.63) is 45.7 Å². The van der Waals surface area contributed by atoms with E-state index in [2.05, 4.69) is 26.1 Å². The van der Waals surface area contributed by atoms with E-state index in [0.717, 1.165) is 0 Å². The summed E-state index contributed by atoms with van der Waals surface area (Å²) in [5.41, 5.74) is 6.30. The van der Waals surface area contributed by atoms with Crippen molar-refractivity contribution in [2.45, 2.75) is 0 Å². The quantitative estimate of drug-likeness (QED) is 0.679. The Bertz CT molecular complexity index is 575. The van der Waals surface area contributed by atoms with Gasteiger partial charge in [-0.15, -0.1) is 4.91 Å². The van der Waals surface area contributed by atoms with Gasteiger partial charge in [0.05, 0.1) is 15.9 Å². The first kappa shape index (κ1) is 11.7. The molecular formula is C11H7BrFN3O. The van der Waals surface area contributed by atoms with Crippen LogP contribution in [0.25, 0.3) is 11.3 Å². The molecule has 0 spiro atoms. The third-order valence-corrected chi connectivity index (χ3v) is 2.84. The molecule has 0 fully saturated rings. The van der Waals surface area contributed by atoms with Crippen LogP contribution in [0, 0.1) is 10.7 Å². The predicted octanol–water partition coefficient (Wildman–Crippen LogP) is 3.63. The number of nitrogens with two attached hydrogens (primary N) is 1. The summed E-state index contributed by atoms with van der Waals surface area (Å²) in [5, 5.41) is 2.61. The van der Waals surface area contributed by atoms with Crippen molar-refractivity contribution in [3.63, 3.8) is 0 Å². The normalized spacial score (nSPS) is 10.2. The molecule has 0 unspecified atom stereocenters. The molecule has 0 bridgehead atoms.